The van der Waals surface area contributed by atoms with Crippen molar-refractivity contribution in [3.05, 3.63) is 59.2 Å². The molecular weight excluding hydrogens is 334 g/mol. The fourth-order valence-electron chi connectivity index (χ4n) is 2.54. The van der Waals surface area contributed by atoms with Gasteiger partial charge in [-0.05, 0) is 42.4 Å². The van der Waals surface area contributed by atoms with Crippen LogP contribution in [0.15, 0.2) is 47.4 Å². The number of carbonyl (C=O) groups excluding carboxylic acids is 2. The molecule has 0 aliphatic heterocycles. The number of anilines is 1. The molecule has 0 atom stereocenters. The van der Waals surface area contributed by atoms with Crippen molar-refractivity contribution in [1.29, 1.82) is 0 Å². The monoisotopic (exact) mass is 357 g/mol. The quantitative estimate of drug-likeness (QED) is 0.605. The number of benzene rings is 2. The minimum absolute atomic E-state index is 0.284. The lowest BCUT2D eigenvalue weighted by atomic mass is 9.98. The van der Waals surface area contributed by atoms with Crippen LogP contribution in [0.2, 0.25) is 0 Å². The Morgan fingerprint density at radius 3 is 2.52 bits per heavy atom. The number of aryl methyl sites for hydroxylation is 1. The van der Waals surface area contributed by atoms with Crippen LogP contribution in [0.25, 0.3) is 0 Å². The molecule has 1 N–H and O–H groups in total. The van der Waals surface area contributed by atoms with E-state index in [9.17, 15) is 9.59 Å². The Kier molecular flexibility index (Phi) is 6.65. The van der Waals surface area contributed by atoms with E-state index in [1.54, 1.807) is 12.1 Å². The van der Waals surface area contributed by atoms with E-state index in [0.717, 1.165) is 21.7 Å². The molecule has 0 heterocycles. The van der Waals surface area contributed by atoms with Crippen molar-refractivity contribution in [3.8, 4) is 0 Å². The number of amides is 1. The lowest BCUT2D eigenvalue weighted by Gasteiger charge is -2.16. The minimum atomic E-state index is -0.492. The summed E-state index contributed by atoms with van der Waals surface area (Å²) in [6.45, 7) is 5.78. The second kappa shape index (κ2) is 8.72. The molecule has 0 saturated carbocycles. The van der Waals surface area contributed by atoms with Crippen LogP contribution in [0.1, 0.15) is 41.3 Å². The molecule has 0 unspecified atom stereocenters. The van der Waals surface area contributed by atoms with Crippen molar-refractivity contribution in [2.45, 2.75) is 31.6 Å². The maximum absolute atomic E-state index is 12.2. The van der Waals surface area contributed by atoms with Gasteiger partial charge in [-0.2, -0.15) is 0 Å². The normalized spacial score (nSPS) is 10.6. The summed E-state index contributed by atoms with van der Waals surface area (Å²) in [7, 11) is 0. The molecule has 25 heavy (non-hydrogen) atoms. The zero-order valence-corrected chi connectivity index (χ0v) is 15.8. The summed E-state index contributed by atoms with van der Waals surface area (Å²) in [5, 5.41) is 2.87. The molecule has 0 radical (unpaired) electrons. The van der Waals surface area contributed by atoms with Crippen LogP contribution in [0.4, 0.5) is 5.69 Å². The molecule has 5 heteroatoms. The van der Waals surface area contributed by atoms with E-state index in [4.69, 9.17) is 4.74 Å². The summed E-state index contributed by atoms with van der Waals surface area (Å²) in [6.07, 6.45) is 1.89. The first-order valence-electron chi connectivity index (χ1n) is 8.13. The molecule has 132 valence electrons. The molecule has 0 bridgehead atoms. The van der Waals surface area contributed by atoms with E-state index in [1.165, 1.54) is 11.8 Å². The van der Waals surface area contributed by atoms with Gasteiger partial charge < -0.3 is 10.1 Å². The smallest absolute Gasteiger partial charge is 0.339 e. The fraction of sp³-hybridized carbons (Fsp3) is 0.300. The topological polar surface area (TPSA) is 55.4 Å². The number of thioether (sulfide) groups is 1. The third-order valence-electron chi connectivity index (χ3n) is 3.85. The van der Waals surface area contributed by atoms with E-state index in [1.807, 2.05) is 43.5 Å². The third-order valence-corrected chi connectivity index (χ3v) is 4.65. The number of hydrogen-bond donors (Lipinski definition) is 1. The van der Waals surface area contributed by atoms with E-state index in [0.29, 0.717) is 5.56 Å². The van der Waals surface area contributed by atoms with E-state index >= 15 is 0 Å². The van der Waals surface area contributed by atoms with Crippen molar-refractivity contribution >= 4 is 29.3 Å². The summed E-state index contributed by atoms with van der Waals surface area (Å²) in [5.41, 5.74) is 3.32. The second-order valence-corrected chi connectivity index (χ2v) is 6.87. The van der Waals surface area contributed by atoms with Gasteiger partial charge in [0.05, 0.1) is 5.56 Å². The Labute approximate surface area is 153 Å². The first-order chi connectivity index (χ1) is 11.9. The predicted molar refractivity (Wildman–Crippen MR) is 102 cm³/mol. The minimum Gasteiger partial charge on any atom is -0.452 e. The van der Waals surface area contributed by atoms with Gasteiger partial charge in [0, 0.05) is 10.6 Å². The molecule has 2 aromatic carbocycles. The lowest BCUT2D eigenvalue weighted by Crippen LogP contribution is -2.22. The van der Waals surface area contributed by atoms with Crippen molar-refractivity contribution in [1.82, 2.24) is 0 Å². The summed E-state index contributed by atoms with van der Waals surface area (Å²) in [5.74, 6) is -0.550. The number of para-hydroxylation sites is 1. The maximum Gasteiger partial charge on any atom is 0.339 e. The molecule has 1 amide bonds. The average molecular weight is 357 g/mol. The standard InChI is InChI=1S/C20H23NO3S/c1-13(2)15-10-7-8-14(3)19(15)21-18(22)12-24-20(23)16-9-5-6-11-17(16)25-4/h5-11,13H,12H2,1-4H3,(H,21,22). The Bertz CT molecular complexity index is 771. The molecule has 2 rings (SSSR count). The largest absolute Gasteiger partial charge is 0.452 e. The van der Waals surface area contributed by atoms with Crippen LogP contribution >= 0.6 is 11.8 Å². The number of ether oxygens (including phenoxy) is 1. The maximum atomic E-state index is 12.2. The van der Waals surface area contributed by atoms with Crippen LogP contribution in [0, 0.1) is 6.92 Å². The van der Waals surface area contributed by atoms with Gasteiger partial charge in [-0.25, -0.2) is 4.79 Å². The highest BCUT2D eigenvalue weighted by molar-refractivity contribution is 7.98. The van der Waals surface area contributed by atoms with Crippen LogP contribution < -0.4 is 5.32 Å². The fourth-order valence-corrected chi connectivity index (χ4v) is 3.13. The summed E-state index contributed by atoms with van der Waals surface area (Å²) >= 11 is 1.47. The van der Waals surface area contributed by atoms with Gasteiger partial charge in [0.1, 0.15) is 0 Å². The number of nitrogens with one attached hydrogen (secondary N) is 1. The van der Waals surface area contributed by atoms with Gasteiger partial charge in [0.2, 0.25) is 0 Å². The highest BCUT2D eigenvalue weighted by Crippen LogP contribution is 2.27. The molecule has 0 aromatic heterocycles. The summed E-state index contributed by atoms with van der Waals surface area (Å²) in [4.78, 5) is 25.3. The highest BCUT2D eigenvalue weighted by Gasteiger charge is 2.16. The van der Waals surface area contributed by atoms with Gasteiger partial charge in [-0.1, -0.05) is 44.2 Å². The molecule has 4 nitrogen and oxygen atoms in total. The first kappa shape index (κ1) is 19.1. The molecule has 0 saturated heterocycles. The van der Waals surface area contributed by atoms with Gasteiger partial charge >= 0.3 is 5.97 Å². The van der Waals surface area contributed by atoms with E-state index in [2.05, 4.69) is 19.2 Å². The number of carbonyl (C=O) groups is 2. The molecule has 0 aliphatic rings. The average Bonchev–Trinajstić information content (AvgIpc) is 2.61. The van der Waals surface area contributed by atoms with Crippen LogP contribution in [-0.4, -0.2) is 24.7 Å². The Morgan fingerprint density at radius 1 is 1.12 bits per heavy atom. The van der Waals surface area contributed by atoms with Crippen LogP contribution in [-0.2, 0) is 9.53 Å². The summed E-state index contributed by atoms with van der Waals surface area (Å²) in [6, 6.07) is 13.1. The summed E-state index contributed by atoms with van der Waals surface area (Å²) < 4.78 is 5.18. The van der Waals surface area contributed by atoms with Crippen molar-refractivity contribution in [2.24, 2.45) is 0 Å². The van der Waals surface area contributed by atoms with Crippen LogP contribution in [0.3, 0.4) is 0 Å². The van der Waals surface area contributed by atoms with Crippen LogP contribution in [0.5, 0.6) is 0 Å². The Hall–Kier alpha value is -2.27. The van der Waals surface area contributed by atoms with Gasteiger partial charge in [-0.15, -0.1) is 11.8 Å². The number of rotatable bonds is 6. The molecule has 0 aliphatic carbocycles. The highest BCUT2D eigenvalue weighted by atomic mass is 32.2. The van der Waals surface area contributed by atoms with Gasteiger partial charge in [0.25, 0.3) is 5.91 Å². The SMILES string of the molecule is CSc1ccccc1C(=O)OCC(=O)Nc1c(C)cccc1C(C)C. The van der Waals surface area contributed by atoms with Crippen molar-refractivity contribution in [3.63, 3.8) is 0 Å². The van der Waals surface area contributed by atoms with E-state index in [-0.39, 0.29) is 18.4 Å². The molecule has 0 spiro atoms. The number of esters is 1. The van der Waals surface area contributed by atoms with Gasteiger partial charge in [-0.3, -0.25) is 4.79 Å². The molecule has 2 aromatic rings. The Balaban J connectivity index is 2.03. The van der Waals surface area contributed by atoms with Crippen molar-refractivity contribution < 1.29 is 14.3 Å². The Morgan fingerprint density at radius 2 is 1.84 bits per heavy atom. The molecule has 0 fully saturated rings. The second-order valence-electron chi connectivity index (χ2n) is 6.02. The van der Waals surface area contributed by atoms with E-state index < -0.39 is 5.97 Å². The van der Waals surface area contributed by atoms with Crippen molar-refractivity contribution in [2.75, 3.05) is 18.2 Å². The zero-order valence-electron chi connectivity index (χ0n) is 15.0. The predicted octanol–water partition coefficient (Wildman–Crippen LogP) is 4.64. The van der Waals surface area contributed by atoms with Gasteiger partial charge in [0.15, 0.2) is 6.61 Å². The first-order valence-corrected chi connectivity index (χ1v) is 9.36. The number of hydrogen-bond acceptors (Lipinski definition) is 4. The molecular formula is C20H23NO3S. The zero-order chi connectivity index (χ0) is 18.4. The lowest BCUT2D eigenvalue weighted by molar-refractivity contribution is -0.119. The third kappa shape index (κ3) is 4.86.